The maximum absolute atomic E-state index is 13.2. The van der Waals surface area contributed by atoms with E-state index in [1.54, 1.807) is 24.3 Å². The number of hydrogen-bond donors (Lipinski definition) is 1. The van der Waals surface area contributed by atoms with E-state index in [-0.39, 0.29) is 29.1 Å². The number of Topliss-reactive ketones (excluding diaryl/α,β-unsaturated/α-hetero) is 1. The van der Waals surface area contributed by atoms with Crippen LogP contribution in [0.2, 0.25) is 0 Å². The van der Waals surface area contributed by atoms with Crippen LogP contribution in [0.4, 0.5) is 0 Å². The Balaban J connectivity index is 2.20. The topological polar surface area (TPSA) is 82.1 Å². The number of carbonyl (C=O) groups excluding carboxylic acids is 2. The second-order valence-electron chi connectivity index (χ2n) is 7.48. The van der Waals surface area contributed by atoms with Gasteiger partial charge in [0.1, 0.15) is 6.10 Å². The lowest BCUT2D eigenvalue weighted by molar-refractivity contribution is -0.156. The minimum atomic E-state index is -0.616. The van der Waals surface area contributed by atoms with Crippen LogP contribution in [0.1, 0.15) is 31.7 Å². The number of benzene rings is 1. The maximum Gasteiger partial charge on any atom is 0.302 e. The molecule has 2 aliphatic carbocycles. The van der Waals surface area contributed by atoms with Crippen molar-refractivity contribution in [1.29, 1.82) is 0 Å². The second kappa shape index (κ2) is 7.34. The molecule has 1 aromatic carbocycles. The average molecular weight is 386 g/mol. The third kappa shape index (κ3) is 2.87. The fourth-order valence-electron chi connectivity index (χ4n) is 4.95. The fourth-order valence-corrected chi connectivity index (χ4v) is 4.95. The van der Waals surface area contributed by atoms with E-state index in [2.05, 4.69) is 6.58 Å². The molecule has 28 heavy (non-hydrogen) atoms. The van der Waals surface area contributed by atoms with Gasteiger partial charge in [0.05, 0.1) is 20.1 Å². The molecule has 0 radical (unpaired) electrons. The Morgan fingerprint density at radius 1 is 1.29 bits per heavy atom. The van der Waals surface area contributed by atoms with Crippen LogP contribution >= 0.6 is 0 Å². The summed E-state index contributed by atoms with van der Waals surface area (Å²) in [6, 6.07) is 5.08. The zero-order valence-electron chi connectivity index (χ0n) is 16.6. The van der Waals surface area contributed by atoms with Crippen LogP contribution in [0, 0.1) is 17.3 Å². The van der Waals surface area contributed by atoms with Crippen LogP contribution in [-0.2, 0) is 19.1 Å². The molecule has 6 nitrogen and oxygen atoms in total. The van der Waals surface area contributed by atoms with Gasteiger partial charge in [-0.15, -0.1) is 6.58 Å². The first-order valence-electron chi connectivity index (χ1n) is 9.26. The normalized spacial score (nSPS) is 31.1. The number of methoxy groups -OCH3 is 2. The third-order valence-electron chi connectivity index (χ3n) is 6.17. The van der Waals surface area contributed by atoms with Crippen molar-refractivity contribution in [2.75, 3.05) is 14.2 Å². The van der Waals surface area contributed by atoms with Gasteiger partial charge in [-0.3, -0.25) is 9.59 Å². The molecule has 1 aromatic rings. The van der Waals surface area contributed by atoms with E-state index in [0.717, 1.165) is 5.56 Å². The molecule has 5 atom stereocenters. The summed E-state index contributed by atoms with van der Waals surface area (Å²) < 4.78 is 16.3. The van der Waals surface area contributed by atoms with Gasteiger partial charge in [0.2, 0.25) is 5.78 Å². The molecule has 150 valence electrons. The van der Waals surface area contributed by atoms with E-state index in [4.69, 9.17) is 14.2 Å². The van der Waals surface area contributed by atoms with Crippen molar-refractivity contribution in [2.45, 2.75) is 32.3 Å². The smallest absolute Gasteiger partial charge is 0.302 e. The van der Waals surface area contributed by atoms with E-state index in [1.807, 2.05) is 13.0 Å². The van der Waals surface area contributed by atoms with Crippen LogP contribution in [0.5, 0.6) is 11.5 Å². The number of ether oxygens (including phenoxy) is 3. The highest BCUT2D eigenvalue weighted by Crippen LogP contribution is 2.62. The number of esters is 1. The lowest BCUT2D eigenvalue weighted by Gasteiger charge is -2.38. The largest absolute Gasteiger partial charge is 0.504 e. The zero-order valence-corrected chi connectivity index (χ0v) is 16.6. The highest BCUT2D eigenvalue weighted by atomic mass is 16.5. The number of fused-ring (bicyclic) bond motifs is 2. The van der Waals surface area contributed by atoms with Gasteiger partial charge in [0.15, 0.2) is 17.3 Å². The van der Waals surface area contributed by atoms with Crippen LogP contribution in [0.15, 0.2) is 42.7 Å². The quantitative estimate of drug-likeness (QED) is 0.596. The molecular weight excluding hydrogens is 360 g/mol. The molecular formula is C22H26O6. The number of aromatic hydroxyl groups is 1. The number of phenolic OH excluding ortho intramolecular Hbond substituents is 1. The summed E-state index contributed by atoms with van der Waals surface area (Å²) in [5.74, 6) is -0.847. The Morgan fingerprint density at radius 2 is 2.00 bits per heavy atom. The Labute approximate surface area is 164 Å². The van der Waals surface area contributed by atoms with Gasteiger partial charge in [0.25, 0.3) is 0 Å². The number of ketones is 1. The molecule has 0 aliphatic heterocycles. The van der Waals surface area contributed by atoms with Gasteiger partial charge in [-0.2, -0.15) is 0 Å². The summed E-state index contributed by atoms with van der Waals surface area (Å²) in [6.07, 6.45) is 3.51. The number of hydrogen-bond acceptors (Lipinski definition) is 6. The summed E-state index contributed by atoms with van der Waals surface area (Å²) in [5, 5.41) is 9.96. The Hall–Kier alpha value is -2.76. The van der Waals surface area contributed by atoms with Crippen LogP contribution in [0.25, 0.3) is 0 Å². The van der Waals surface area contributed by atoms with E-state index in [9.17, 15) is 14.7 Å². The summed E-state index contributed by atoms with van der Waals surface area (Å²) in [4.78, 5) is 25.1. The van der Waals surface area contributed by atoms with Gasteiger partial charge >= 0.3 is 5.97 Å². The molecule has 0 saturated heterocycles. The molecule has 2 aliphatic rings. The van der Waals surface area contributed by atoms with Gasteiger partial charge in [-0.1, -0.05) is 19.1 Å². The number of carbonyl (C=O) groups is 2. The van der Waals surface area contributed by atoms with Crippen molar-refractivity contribution in [3.8, 4) is 11.5 Å². The Bertz CT molecular complexity index is 841. The van der Waals surface area contributed by atoms with Gasteiger partial charge in [0, 0.05) is 18.3 Å². The minimum absolute atomic E-state index is 0.0271. The molecule has 3 rings (SSSR count). The van der Waals surface area contributed by atoms with E-state index in [1.165, 1.54) is 21.1 Å². The van der Waals surface area contributed by atoms with Crippen molar-refractivity contribution in [2.24, 2.45) is 17.3 Å². The SMILES string of the molecule is C=CC[C@@]12C=C(OC)C(=O)[C@@H](C1OC(C)=O)[C@@H](c1ccc(O)c(OC)c1)[C@@H]2C. The van der Waals surface area contributed by atoms with Gasteiger partial charge in [-0.05, 0) is 36.1 Å². The van der Waals surface area contributed by atoms with Crippen molar-refractivity contribution in [3.05, 3.63) is 48.3 Å². The molecule has 1 fully saturated rings. The molecule has 1 N–H and O–H groups in total. The van der Waals surface area contributed by atoms with E-state index >= 15 is 0 Å². The second-order valence-corrected chi connectivity index (χ2v) is 7.48. The van der Waals surface area contributed by atoms with Crippen molar-refractivity contribution in [1.82, 2.24) is 0 Å². The van der Waals surface area contributed by atoms with Crippen LogP contribution in [0.3, 0.4) is 0 Å². The zero-order chi connectivity index (χ0) is 20.6. The number of allylic oxidation sites excluding steroid dienone is 2. The predicted octanol–water partition coefficient (Wildman–Crippen LogP) is 3.36. The first-order valence-corrected chi connectivity index (χ1v) is 9.26. The van der Waals surface area contributed by atoms with Crippen molar-refractivity contribution >= 4 is 11.8 Å². The Kier molecular flexibility index (Phi) is 5.24. The highest BCUT2D eigenvalue weighted by molar-refractivity contribution is 5.99. The average Bonchev–Trinajstić information content (AvgIpc) is 2.82. The summed E-state index contributed by atoms with van der Waals surface area (Å²) in [7, 11) is 2.95. The molecule has 1 saturated carbocycles. The maximum atomic E-state index is 13.2. The predicted molar refractivity (Wildman–Crippen MR) is 103 cm³/mol. The summed E-state index contributed by atoms with van der Waals surface area (Å²) in [6.45, 7) is 7.27. The van der Waals surface area contributed by atoms with E-state index in [0.29, 0.717) is 12.2 Å². The lowest BCUT2D eigenvalue weighted by atomic mass is 9.70. The van der Waals surface area contributed by atoms with Gasteiger partial charge < -0.3 is 19.3 Å². The molecule has 0 heterocycles. The highest BCUT2D eigenvalue weighted by Gasteiger charge is 2.64. The molecule has 6 heteroatoms. The lowest BCUT2D eigenvalue weighted by Crippen LogP contribution is -2.44. The van der Waals surface area contributed by atoms with E-state index < -0.39 is 23.4 Å². The van der Waals surface area contributed by atoms with Crippen LogP contribution in [-0.4, -0.2) is 37.2 Å². The first kappa shape index (κ1) is 20.0. The summed E-state index contributed by atoms with van der Waals surface area (Å²) in [5.41, 5.74) is 0.238. The third-order valence-corrected chi connectivity index (χ3v) is 6.17. The molecule has 1 unspecified atom stereocenters. The first-order chi connectivity index (χ1) is 13.3. The minimum Gasteiger partial charge on any atom is -0.504 e. The number of phenols is 1. The monoisotopic (exact) mass is 386 g/mol. The fraction of sp³-hybridized carbons (Fsp3) is 0.455. The van der Waals surface area contributed by atoms with Crippen molar-refractivity contribution in [3.63, 3.8) is 0 Å². The summed E-state index contributed by atoms with van der Waals surface area (Å²) >= 11 is 0. The molecule has 0 spiro atoms. The van der Waals surface area contributed by atoms with Crippen molar-refractivity contribution < 1.29 is 28.9 Å². The van der Waals surface area contributed by atoms with Gasteiger partial charge in [-0.25, -0.2) is 0 Å². The molecule has 0 aromatic heterocycles. The number of rotatable bonds is 6. The molecule has 2 bridgehead atoms. The molecule has 0 amide bonds. The van der Waals surface area contributed by atoms with Crippen LogP contribution < -0.4 is 4.74 Å². The Morgan fingerprint density at radius 3 is 2.57 bits per heavy atom. The standard InChI is InChI=1S/C22H26O6/c1-6-9-22-11-17(27-5)20(25)19(21(22)28-13(3)23)18(12(22)2)14-7-8-15(24)16(10-14)26-4/h6-8,10-12,18-19,21,24H,1,9H2,2-5H3/t12-,18+,19-,21?,22-/m0/s1.